The number of nitrogen functional groups attached to an aromatic ring is 1. The molecule has 19 heavy (non-hydrogen) atoms. The topological polar surface area (TPSA) is 88.2 Å². The van der Waals surface area contributed by atoms with Crippen LogP contribution in [0.5, 0.6) is 0 Å². The fourth-order valence-corrected chi connectivity index (χ4v) is 1.73. The van der Waals surface area contributed by atoms with E-state index in [2.05, 4.69) is 10.3 Å². The molecule has 98 valence electrons. The van der Waals surface area contributed by atoms with Gasteiger partial charge in [0.2, 0.25) is 0 Å². The molecule has 0 aliphatic carbocycles. The molecule has 0 aliphatic rings. The van der Waals surface area contributed by atoms with Crippen molar-refractivity contribution in [2.24, 2.45) is 0 Å². The maximum Gasteiger partial charge on any atom is 0.337 e. The molecule has 1 aromatic heterocycles. The maximum absolute atomic E-state index is 11.0. The second-order valence-electron chi connectivity index (χ2n) is 4.11. The second kappa shape index (κ2) is 5.86. The van der Waals surface area contributed by atoms with Gasteiger partial charge in [-0.3, -0.25) is 4.98 Å². The second-order valence-corrected chi connectivity index (χ2v) is 4.11. The Morgan fingerprint density at radius 2 is 2.16 bits per heavy atom. The van der Waals surface area contributed by atoms with Gasteiger partial charge in [0.15, 0.2) is 0 Å². The van der Waals surface area contributed by atoms with Crippen molar-refractivity contribution in [3.63, 3.8) is 0 Å². The summed E-state index contributed by atoms with van der Waals surface area (Å²) in [4.78, 5) is 15.2. The lowest BCUT2D eigenvalue weighted by atomic mass is 10.1. The summed E-state index contributed by atoms with van der Waals surface area (Å²) in [5.74, 6) is -1.02. The molecular weight excluding hydrogens is 242 g/mol. The first-order valence-electron chi connectivity index (χ1n) is 5.93. The third-order valence-corrected chi connectivity index (χ3v) is 2.72. The summed E-state index contributed by atoms with van der Waals surface area (Å²) < 4.78 is 0. The Labute approximate surface area is 111 Å². The number of aromatic nitrogens is 1. The van der Waals surface area contributed by atoms with Crippen molar-refractivity contribution in [1.82, 2.24) is 4.98 Å². The van der Waals surface area contributed by atoms with Crippen LogP contribution in [0.1, 0.15) is 16.1 Å². The van der Waals surface area contributed by atoms with Crippen LogP contribution in [0.2, 0.25) is 0 Å². The lowest BCUT2D eigenvalue weighted by Gasteiger charge is -2.08. The zero-order valence-corrected chi connectivity index (χ0v) is 10.3. The van der Waals surface area contributed by atoms with Crippen LogP contribution in [-0.4, -0.2) is 22.6 Å². The van der Waals surface area contributed by atoms with Crippen molar-refractivity contribution in [1.29, 1.82) is 0 Å². The molecule has 0 spiro atoms. The molecule has 1 aromatic carbocycles. The summed E-state index contributed by atoms with van der Waals surface area (Å²) in [6.45, 7) is 0.681. The molecule has 5 heteroatoms. The number of nitrogens with one attached hydrogen (secondary N) is 1. The third-order valence-electron chi connectivity index (χ3n) is 2.72. The van der Waals surface area contributed by atoms with Crippen LogP contribution >= 0.6 is 0 Å². The number of pyridine rings is 1. The maximum atomic E-state index is 11.0. The van der Waals surface area contributed by atoms with Gasteiger partial charge in [0, 0.05) is 36.2 Å². The van der Waals surface area contributed by atoms with Crippen molar-refractivity contribution in [2.75, 3.05) is 17.6 Å². The smallest absolute Gasteiger partial charge is 0.337 e. The first-order chi connectivity index (χ1) is 9.16. The summed E-state index contributed by atoms with van der Waals surface area (Å²) in [6.07, 6.45) is 2.52. The van der Waals surface area contributed by atoms with Gasteiger partial charge < -0.3 is 16.2 Å². The number of carboxylic acid groups (broad SMARTS) is 1. The van der Waals surface area contributed by atoms with E-state index in [4.69, 9.17) is 10.8 Å². The lowest BCUT2D eigenvalue weighted by Crippen LogP contribution is -2.08. The standard InChI is InChI=1S/C14H15N3O2/c15-13-5-4-11(9-12(13)14(18)19)17-8-6-10-3-1-2-7-16-10/h1-5,7,9,17H,6,8,15H2,(H,18,19). The highest BCUT2D eigenvalue weighted by Gasteiger charge is 2.08. The third kappa shape index (κ3) is 3.45. The lowest BCUT2D eigenvalue weighted by molar-refractivity contribution is 0.0698. The van der Waals surface area contributed by atoms with Crippen LogP contribution in [0.4, 0.5) is 11.4 Å². The van der Waals surface area contributed by atoms with E-state index in [1.165, 1.54) is 6.07 Å². The zero-order chi connectivity index (χ0) is 13.7. The van der Waals surface area contributed by atoms with E-state index >= 15 is 0 Å². The Kier molecular flexibility index (Phi) is 3.97. The van der Waals surface area contributed by atoms with Crippen molar-refractivity contribution < 1.29 is 9.90 Å². The monoisotopic (exact) mass is 257 g/mol. The molecule has 0 aliphatic heterocycles. The van der Waals surface area contributed by atoms with E-state index in [1.807, 2.05) is 18.2 Å². The highest BCUT2D eigenvalue weighted by Crippen LogP contribution is 2.17. The predicted octanol–water partition coefficient (Wildman–Crippen LogP) is 2.02. The number of carbonyl (C=O) groups is 1. The summed E-state index contributed by atoms with van der Waals surface area (Å²) in [5, 5.41) is 12.1. The van der Waals surface area contributed by atoms with Crippen molar-refractivity contribution in [3.05, 3.63) is 53.9 Å². The van der Waals surface area contributed by atoms with Gasteiger partial charge in [0.1, 0.15) is 0 Å². The molecular formula is C14H15N3O2. The predicted molar refractivity (Wildman–Crippen MR) is 74.2 cm³/mol. The summed E-state index contributed by atoms with van der Waals surface area (Å²) in [5.41, 5.74) is 7.70. The van der Waals surface area contributed by atoms with E-state index in [0.717, 1.165) is 17.8 Å². The van der Waals surface area contributed by atoms with Gasteiger partial charge in [-0.05, 0) is 30.3 Å². The molecule has 2 aromatic rings. The normalized spacial score (nSPS) is 10.1. The SMILES string of the molecule is Nc1ccc(NCCc2ccccn2)cc1C(=O)O. The van der Waals surface area contributed by atoms with Crippen LogP contribution in [0.15, 0.2) is 42.6 Å². The van der Waals surface area contributed by atoms with Crippen molar-refractivity contribution >= 4 is 17.3 Å². The highest BCUT2D eigenvalue weighted by atomic mass is 16.4. The Bertz CT molecular complexity index is 570. The van der Waals surface area contributed by atoms with E-state index in [-0.39, 0.29) is 11.3 Å². The number of aromatic carboxylic acids is 1. The van der Waals surface area contributed by atoms with Crippen LogP contribution < -0.4 is 11.1 Å². The Morgan fingerprint density at radius 1 is 1.32 bits per heavy atom. The van der Waals surface area contributed by atoms with Gasteiger partial charge in [-0.1, -0.05) is 6.07 Å². The van der Waals surface area contributed by atoms with E-state index in [0.29, 0.717) is 6.54 Å². The van der Waals surface area contributed by atoms with E-state index in [1.54, 1.807) is 18.3 Å². The van der Waals surface area contributed by atoms with Crippen LogP contribution in [0.25, 0.3) is 0 Å². The van der Waals surface area contributed by atoms with Gasteiger partial charge in [0.05, 0.1) is 5.56 Å². The summed E-state index contributed by atoms with van der Waals surface area (Å²) >= 11 is 0. The number of nitrogens with zero attached hydrogens (tertiary/aromatic N) is 1. The van der Waals surface area contributed by atoms with Gasteiger partial charge in [-0.2, -0.15) is 0 Å². The van der Waals surface area contributed by atoms with Gasteiger partial charge in [0.25, 0.3) is 0 Å². The fourth-order valence-electron chi connectivity index (χ4n) is 1.73. The molecule has 1 heterocycles. The largest absolute Gasteiger partial charge is 0.478 e. The quantitative estimate of drug-likeness (QED) is 0.713. The Hall–Kier alpha value is -2.56. The minimum absolute atomic E-state index is 0.114. The average molecular weight is 257 g/mol. The number of hydrogen-bond acceptors (Lipinski definition) is 4. The molecule has 0 fully saturated rings. The Balaban J connectivity index is 1.97. The molecule has 5 nitrogen and oxygen atoms in total. The molecule has 0 radical (unpaired) electrons. The summed E-state index contributed by atoms with van der Waals surface area (Å²) in [6, 6.07) is 10.7. The fraction of sp³-hybridized carbons (Fsp3) is 0.143. The number of rotatable bonds is 5. The van der Waals surface area contributed by atoms with Crippen LogP contribution in [0.3, 0.4) is 0 Å². The molecule has 4 N–H and O–H groups in total. The molecule has 0 saturated carbocycles. The van der Waals surface area contributed by atoms with Gasteiger partial charge in [-0.25, -0.2) is 4.79 Å². The molecule has 0 saturated heterocycles. The number of hydrogen-bond donors (Lipinski definition) is 3. The minimum atomic E-state index is -1.02. The van der Waals surface area contributed by atoms with Crippen LogP contribution in [-0.2, 0) is 6.42 Å². The molecule has 0 atom stereocenters. The zero-order valence-electron chi connectivity index (χ0n) is 10.3. The minimum Gasteiger partial charge on any atom is -0.478 e. The number of anilines is 2. The van der Waals surface area contributed by atoms with Crippen molar-refractivity contribution in [3.8, 4) is 0 Å². The molecule has 0 unspecified atom stereocenters. The van der Waals surface area contributed by atoms with Crippen LogP contribution in [0, 0.1) is 0 Å². The van der Waals surface area contributed by atoms with Gasteiger partial charge in [-0.15, -0.1) is 0 Å². The highest BCUT2D eigenvalue weighted by molar-refractivity contribution is 5.94. The van der Waals surface area contributed by atoms with Gasteiger partial charge >= 0.3 is 5.97 Å². The first kappa shape index (κ1) is 12.9. The molecule has 2 rings (SSSR count). The molecule has 0 amide bonds. The average Bonchev–Trinajstić information content (AvgIpc) is 2.41. The van der Waals surface area contributed by atoms with Crippen molar-refractivity contribution in [2.45, 2.75) is 6.42 Å². The first-order valence-corrected chi connectivity index (χ1v) is 5.93. The Morgan fingerprint density at radius 3 is 2.84 bits per heavy atom. The number of carboxylic acids is 1. The van der Waals surface area contributed by atoms with E-state index in [9.17, 15) is 4.79 Å². The summed E-state index contributed by atoms with van der Waals surface area (Å²) in [7, 11) is 0. The number of benzene rings is 1. The van der Waals surface area contributed by atoms with E-state index < -0.39 is 5.97 Å². The molecule has 0 bridgehead atoms. The number of nitrogens with two attached hydrogens (primary N) is 1.